The SMILES string of the molecule is O=C1[C@@H]2[C@@H](CC(CO)=C3[C@@H](CC/C(=C/c4cccc(O)c4)c4ccccc4)OC[C@@H]32)C(=O)N1c1cccc(B(O)O)c1. The van der Waals surface area contributed by atoms with Crippen molar-refractivity contribution in [1.82, 2.24) is 0 Å². The van der Waals surface area contributed by atoms with Gasteiger partial charge in [-0.3, -0.25) is 14.5 Å². The van der Waals surface area contributed by atoms with E-state index in [0.717, 1.165) is 32.7 Å². The Hall–Kier alpha value is -4.02. The van der Waals surface area contributed by atoms with Gasteiger partial charge in [0.05, 0.1) is 36.8 Å². The van der Waals surface area contributed by atoms with E-state index in [1.807, 2.05) is 42.5 Å². The number of carbonyl (C=O) groups is 2. The van der Waals surface area contributed by atoms with Crippen molar-refractivity contribution in [3.8, 4) is 5.75 Å². The largest absolute Gasteiger partial charge is 0.508 e. The van der Waals surface area contributed by atoms with Gasteiger partial charge in [-0.05, 0) is 76.8 Å². The third-order valence-electron chi connectivity index (χ3n) is 8.66. The Bertz CT molecular complexity index is 1570. The number of imide groups is 1. The van der Waals surface area contributed by atoms with Gasteiger partial charge < -0.3 is 25.0 Å². The van der Waals surface area contributed by atoms with E-state index in [2.05, 4.69) is 0 Å². The number of aliphatic hydroxyl groups is 1. The Morgan fingerprint density at radius 3 is 2.48 bits per heavy atom. The molecule has 9 heteroatoms. The van der Waals surface area contributed by atoms with Crippen LogP contribution in [0.3, 0.4) is 0 Å². The molecule has 0 bridgehead atoms. The van der Waals surface area contributed by atoms with Gasteiger partial charge in [0, 0.05) is 5.92 Å². The number of amides is 2. The van der Waals surface area contributed by atoms with Crippen molar-refractivity contribution < 1.29 is 34.6 Å². The third kappa shape index (κ3) is 5.21. The zero-order valence-electron chi connectivity index (χ0n) is 23.0. The minimum absolute atomic E-state index is 0.190. The Kier molecular flexibility index (Phi) is 7.83. The van der Waals surface area contributed by atoms with Gasteiger partial charge in [-0.2, -0.15) is 0 Å². The van der Waals surface area contributed by atoms with Crippen LogP contribution in [0.15, 0.2) is 90.0 Å². The van der Waals surface area contributed by atoms with Crippen LogP contribution in [0.1, 0.15) is 30.4 Å². The highest BCUT2D eigenvalue weighted by Crippen LogP contribution is 2.50. The lowest BCUT2D eigenvalue weighted by molar-refractivity contribution is -0.122. The van der Waals surface area contributed by atoms with E-state index in [4.69, 9.17) is 4.74 Å². The molecule has 0 saturated carbocycles. The Morgan fingerprint density at radius 1 is 0.952 bits per heavy atom. The molecule has 4 atom stereocenters. The minimum Gasteiger partial charge on any atom is -0.508 e. The minimum atomic E-state index is -1.72. The topological polar surface area (TPSA) is 128 Å². The summed E-state index contributed by atoms with van der Waals surface area (Å²) in [7, 11) is -1.72. The van der Waals surface area contributed by atoms with Crippen molar-refractivity contribution in [3.05, 3.63) is 101 Å². The number of aromatic hydroxyl groups is 1. The summed E-state index contributed by atoms with van der Waals surface area (Å²) in [4.78, 5) is 28.5. The zero-order valence-corrected chi connectivity index (χ0v) is 23.0. The van der Waals surface area contributed by atoms with Gasteiger partial charge in [0.1, 0.15) is 5.75 Å². The standard InChI is InChI=1S/C33H32BNO7/c36-18-23-16-27-31(33(39)35(32(27)38)25-10-5-9-24(17-25)34(40)41)28-19-42-29(30(23)28)13-12-22(21-7-2-1-3-8-21)14-20-6-4-11-26(37)15-20/h1-11,14-15,17,27-29,31,36-37,40-41H,12-13,16,18-19H2/b22-14-/t27-,28+,29-,31-/m1/s1. The van der Waals surface area contributed by atoms with Crippen molar-refractivity contribution >= 4 is 41.7 Å². The first-order chi connectivity index (χ1) is 20.4. The van der Waals surface area contributed by atoms with E-state index >= 15 is 0 Å². The lowest BCUT2D eigenvalue weighted by Gasteiger charge is -2.31. The maximum absolute atomic E-state index is 13.8. The van der Waals surface area contributed by atoms with E-state index in [0.29, 0.717) is 18.5 Å². The van der Waals surface area contributed by atoms with Gasteiger partial charge in [0.2, 0.25) is 11.8 Å². The fraction of sp³-hybridized carbons (Fsp3) is 0.273. The second-order valence-electron chi connectivity index (χ2n) is 11.1. The highest BCUT2D eigenvalue weighted by molar-refractivity contribution is 6.58. The van der Waals surface area contributed by atoms with E-state index in [1.165, 1.54) is 12.1 Å². The molecule has 0 radical (unpaired) electrons. The van der Waals surface area contributed by atoms with Crippen LogP contribution in [0, 0.1) is 17.8 Å². The van der Waals surface area contributed by atoms with E-state index < -0.39 is 19.0 Å². The lowest BCUT2D eigenvalue weighted by Crippen LogP contribution is -2.35. The highest BCUT2D eigenvalue weighted by atomic mass is 16.5. The summed E-state index contributed by atoms with van der Waals surface area (Å²) >= 11 is 0. The number of rotatable bonds is 8. The summed E-state index contributed by atoms with van der Waals surface area (Å²) in [6, 6.07) is 23.2. The Morgan fingerprint density at radius 2 is 1.74 bits per heavy atom. The predicted octanol–water partition coefficient (Wildman–Crippen LogP) is 2.91. The van der Waals surface area contributed by atoms with Crippen molar-refractivity contribution in [2.24, 2.45) is 17.8 Å². The first kappa shape index (κ1) is 28.1. The number of aliphatic hydroxyl groups excluding tert-OH is 1. The number of phenolic OH excluding ortho intramolecular Hbond substituents is 1. The average molecular weight is 565 g/mol. The summed E-state index contributed by atoms with van der Waals surface area (Å²) < 4.78 is 6.29. The number of anilines is 1. The number of phenols is 1. The molecular weight excluding hydrogens is 533 g/mol. The molecule has 2 saturated heterocycles. The molecule has 2 heterocycles. The number of allylic oxidation sites excluding steroid dienone is 1. The molecule has 3 aromatic rings. The molecule has 8 nitrogen and oxygen atoms in total. The zero-order chi connectivity index (χ0) is 29.4. The summed E-state index contributed by atoms with van der Waals surface area (Å²) in [5.41, 5.74) is 5.17. The van der Waals surface area contributed by atoms with Crippen molar-refractivity contribution in [2.75, 3.05) is 18.1 Å². The molecule has 3 aliphatic rings. The number of ether oxygens (including phenoxy) is 1. The van der Waals surface area contributed by atoms with Crippen molar-refractivity contribution in [1.29, 1.82) is 0 Å². The molecule has 1 aliphatic carbocycles. The van der Waals surface area contributed by atoms with Gasteiger partial charge in [-0.25, -0.2) is 0 Å². The van der Waals surface area contributed by atoms with Crippen LogP contribution in [0.4, 0.5) is 5.69 Å². The van der Waals surface area contributed by atoms with Crippen LogP contribution in [0.2, 0.25) is 0 Å². The Labute approximate surface area is 244 Å². The summed E-state index contributed by atoms with van der Waals surface area (Å²) in [5.74, 6) is -2.01. The van der Waals surface area contributed by atoms with Gasteiger partial charge in [-0.15, -0.1) is 0 Å². The highest BCUT2D eigenvalue weighted by Gasteiger charge is 2.57. The molecule has 2 amide bonds. The van der Waals surface area contributed by atoms with Gasteiger partial charge >= 0.3 is 7.12 Å². The second kappa shape index (κ2) is 11.7. The van der Waals surface area contributed by atoms with E-state index in [9.17, 15) is 29.9 Å². The number of fused-ring (bicyclic) bond motifs is 3. The quantitative estimate of drug-likeness (QED) is 0.143. The van der Waals surface area contributed by atoms with Crippen LogP contribution in [-0.4, -0.2) is 58.5 Å². The maximum atomic E-state index is 13.8. The number of benzene rings is 3. The number of carbonyl (C=O) groups excluding carboxylic acids is 2. The first-order valence-corrected chi connectivity index (χ1v) is 14.2. The normalized spacial score (nSPS) is 23.8. The number of nitrogens with zero attached hydrogens (tertiary/aromatic N) is 1. The molecular formula is C33H32BNO7. The van der Waals surface area contributed by atoms with Crippen molar-refractivity contribution in [2.45, 2.75) is 25.4 Å². The monoisotopic (exact) mass is 565 g/mol. The van der Waals surface area contributed by atoms with E-state index in [1.54, 1.807) is 30.3 Å². The molecule has 4 N–H and O–H groups in total. The van der Waals surface area contributed by atoms with Gasteiger partial charge in [0.15, 0.2) is 0 Å². The van der Waals surface area contributed by atoms with Crippen LogP contribution < -0.4 is 10.4 Å². The van der Waals surface area contributed by atoms with E-state index in [-0.39, 0.29) is 54.7 Å². The summed E-state index contributed by atoms with van der Waals surface area (Å²) in [5, 5.41) is 39.6. The van der Waals surface area contributed by atoms with Crippen LogP contribution >= 0.6 is 0 Å². The predicted molar refractivity (Wildman–Crippen MR) is 159 cm³/mol. The molecule has 6 rings (SSSR count). The molecule has 0 aromatic heterocycles. The molecule has 0 unspecified atom stereocenters. The fourth-order valence-corrected chi connectivity index (χ4v) is 6.75. The first-order valence-electron chi connectivity index (χ1n) is 14.2. The summed E-state index contributed by atoms with van der Waals surface area (Å²) in [6.07, 6.45) is 3.30. The van der Waals surface area contributed by atoms with Gasteiger partial charge in [-0.1, -0.05) is 60.7 Å². The lowest BCUT2D eigenvalue weighted by atomic mass is 9.69. The number of hydrogen-bond donors (Lipinski definition) is 4. The third-order valence-corrected chi connectivity index (χ3v) is 8.66. The molecule has 0 spiro atoms. The Balaban J connectivity index is 1.26. The molecule has 2 fully saturated rings. The van der Waals surface area contributed by atoms with Crippen LogP contribution in [0.25, 0.3) is 11.6 Å². The van der Waals surface area contributed by atoms with Crippen LogP contribution in [-0.2, 0) is 14.3 Å². The van der Waals surface area contributed by atoms with Crippen LogP contribution in [0.5, 0.6) is 5.75 Å². The summed E-state index contributed by atoms with van der Waals surface area (Å²) in [6.45, 7) is 0.0666. The molecule has 3 aromatic carbocycles. The number of hydrogen-bond acceptors (Lipinski definition) is 7. The second-order valence-corrected chi connectivity index (χ2v) is 11.1. The maximum Gasteiger partial charge on any atom is 0.488 e. The van der Waals surface area contributed by atoms with Crippen molar-refractivity contribution in [3.63, 3.8) is 0 Å². The average Bonchev–Trinajstić information content (AvgIpc) is 3.53. The fourth-order valence-electron chi connectivity index (χ4n) is 6.75. The molecule has 214 valence electrons. The smallest absolute Gasteiger partial charge is 0.488 e. The van der Waals surface area contributed by atoms with Gasteiger partial charge in [0.25, 0.3) is 0 Å². The molecule has 2 aliphatic heterocycles. The molecule has 42 heavy (non-hydrogen) atoms.